The summed E-state index contributed by atoms with van der Waals surface area (Å²) < 4.78 is 41.7. The summed E-state index contributed by atoms with van der Waals surface area (Å²) in [4.78, 5) is 33.0. The maximum Gasteiger partial charge on any atom is 0.573 e. The Balaban J connectivity index is 1.76. The number of aryl methyl sites for hydroxylation is 1. The fraction of sp³-hybridized carbons (Fsp3) is 0.158. The number of para-hydroxylation sites is 1. The molecule has 3 rings (SSSR count). The number of carbonyl (C=O) groups excluding carboxylic acids is 2. The minimum absolute atomic E-state index is 0.0666. The maximum absolute atomic E-state index is 12.6. The summed E-state index contributed by atoms with van der Waals surface area (Å²) in [5.41, 5.74) is -0.298. The zero-order chi connectivity index (χ0) is 24.3. The van der Waals surface area contributed by atoms with Gasteiger partial charge in [-0.25, -0.2) is 9.97 Å². The van der Waals surface area contributed by atoms with Gasteiger partial charge in [-0.1, -0.05) is 41.4 Å². The lowest BCUT2D eigenvalue weighted by atomic mass is 10.2. The molecule has 0 spiro atoms. The fourth-order valence-corrected chi connectivity index (χ4v) is 3.81. The van der Waals surface area contributed by atoms with Crippen LogP contribution in [0.25, 0.3) is 0 Å². The molecule has 14 heteroatoms. The van der Waals surface area contributed by atoms with E-state index in [4.69, 9.17) is 23.2 Å². The van der Waals surface area contributed by atoms with Gasteiger partial charge in [0.05, 0.1) is 10.0 Å². The Labute approximate surface area is 198 Å². The molecule has 0 radical (unpaired) electrons. The molecule has 0 bridgehead atoms. The van der Waals surface area contributed by atoms with Crippen molar-refractivity contribution in [2.24, 2.45) is 0 Å². The molecule has 0 saturated heterocycles. The van der Waals surface area contributed by atoms with E-state index in [1.165, 1.54) is 18.2 Å². The molecule has 3 aromatic rings. The molecule has 2 heterocycles. The number of pyridine rings is 1. The van der Waals surface area contributed by atoms with E-state index >= 15 is 0 Å². The summed E-state index contributed by atoms with van der Waals surface area (Å²) in [7, 11) is 0. The van der Waals surface area contributed by atoms with Crippen LogP contribution in [-0.4, -0.2) is 33.3 Å². The number of ether oxygens (including phenoxy) is 1. The monoisotopic (exact) mass is 520 g/mol. The van der Waals surface area contributed by atoms with Crippen molar-refractivity contribution < 1.29 is 32.6 Å². The number of carbonyl (C=O) groups is 2. The average molecular weight is 521 g/mol. The number of nitrogens with one attached hydrogen (secondary N) is 2. The highest BCUT2D eigenvalue weighted by Crippen LogP contribution is 2.31. The number of hydrogen-bond donors (Lipinski definition) is 3. The molecular formula is C19H13Cl2F3N4O4S. The van der Waals surface area contributed by atoms with E-state index in [1.54, 1.807) is 6.92 Å². The molecule has 0 aliphatic rings. The van der Waals surface area contributed by atoms with Crippen molar-refractivity contribution in [2.75, 3.05) is 5.32 Å². The van der Waals surface area contributed by atoms with E-state index in [1.807, 2.05) is 0 Å². The Hall–Kier alpha value is -3.09. The topological polar surface area (TPSA) is 113 Å². The molecule has 33 heavy (non-hydrogen) atoms. The number of benzene rings is 1. The van der Waals surface area contributed by atoms with Crippen molar-refractivity contribution in [3.63, 3.8) is 0 Å². The molecular weight excluding hydrogens is 508 g/mol. The zero-order valence-corrected chi connectivity index (χ0v) is 18.8. The number of aromatic nitrogens is 2. The minimum atomic E-state index is -4.89. The highest BCUT2D eigenvalue weighted by Gasteiger charge is 2.32. The van der Waals surface area contributed by atoms with Crippen LogP contribution in [0.5, 0.6) is 11.5 Å². The summed E-state index contributed by atoms with van der Waals surface area (Å²) in [6.45, 7) is 1.30. The Morgan fingerprint density at radius 3 is 2.55 bits per heavy atom. The van der Waals surface area contributed by atoms with Crippen LogP contribution in [0.3, 0.4) is 0 Å². The maximum atomic E-state index is 12.6. The zero-order valence-electron chi connectivity index (χ0n) is 16.5. The Morgan fingerprint density at radius 2 is 1.88 bits per heavy atom. The highest BCUT2D eigenvalue weighted by molar-refractivity contribution is 7.16. The molecule has 0 aliphatic heterocycles. The van der Waals surface area contributed by atoms with Gasteiger partial charge in [0.25, 0.3) is 11.8 Å². The van der Waals surface area contributed by atoms with Crippen LogP contribution in [0.2, 0.25) is 10.2 Å². The fourth-order valence-electron chi connectivity index (χ4n) is 2.56. The summed E-state index contributed by atoms with van der Waals surface area (Å²) in [5.74, 6) is -2.47. The predicted molar refractivity (Wildman–Crippen MR) is 115 cm³/mol. The molecule has 3 N–H and O–H groups in total. The van der Waals surface area contributed by atoms with Crippen molar-refractivity contribution in [2.45, 2.75) is 19.8 Å². The molecule has 0 atom stereocenters. The number of rotatable bonds is 6. The quantitative estimate of drug-likeness (QED) is 0.396. The lowest BCUT2D eigenvalue weighted by Gasteiger charge is -2.13. The average Bonchev–Trinajstić information content (AvgIpc) is 3.09. The van der Waals surface area contributed by atoms with Gasteiger partial charge in [0.2, 0.25) is 0 Å². The predicted octanol–water partition coefficient (Wildman–Crippen LogP) is 4.94. The molecule has 174 valence electrons. The van der Waals surface area contributed by atoms with Crippen LogP contribution in [0.15, 0.2) is 30.3 Å². The molecule has 0 fully saturated rings. The molecule has 0 unspecified atom stereocenters. The third kappa shape index (κ3) is 6.24. The van der Waals surface area contributed by atoms with Crippen molar-refractivity contribution in [1.29, 1.82) is 0 Å². The molecule has 1 aromatic carbocycles. The lowest BCUT2D eigenvalue weighted by molar-refractivity contribution is -0.274. The smallest absolute Gasteiger partial charge is 0.504 e. The first-order chi connectivity index (χ1) is 15.4. The second-order valence-electron chi connectivity index (χ2n) is 6.33. The Kier molecular flexibility index (Phi) is 7.30. The van der Waals surface area contributed by atoms with Gasteiger partial charge in [0, 0.05) is 12.1 Å². The van der Waals surface area contributed by atoms with Crippen LogP contribution in [0.1, 0.15) is 31.5 Å². The molecule has 2 amide bonds. The largest absolute Gasteiger partial charge is 0.573 e. The Morgan fingerprint density at radius 1 is 1.18 bits per heavy atom. The van der Waals surface area contributed by atoms with E-state index in [-0.39, 0.29) is 38.7 Å². The van der Waals surface area contributed by atoms with Crippen LogP contribution in [0, 0.1) is 6.92 Å². The van der Waals surface area contributed by atoms with Gasteiger partial charge in [0.15, 0.2) is 16.6 Å². The van der Waals surface area contributed by atoms with Crippen LogP contribution >= 0.6 is 34.5 Å². The van der Waals surface area contributed by atoms with Gasteiger partial charge in [0.1, 0.15) is 16.4 Å². The first-order valence-electron chi connectivity index (χ1n) is 8.90. The molecule has 2 aromatic heterocycles. The second kappa shape index (κ2) is 9.81. The van der Waals surface area contributed by atoms with Crippen LogP contribution in [-0.2, 0) is 6.54 Å². The highest BCUT2D eigenvalue weighted by atomic mass is 35.5. The van der Waals surface area contributed by atoms with Crippen molar-refractivity contribution in [3.05, 3.63) is 62.5 Å². The van der Waals surface area contributed by atoms with Crippen molar-refractivity contribution >= 4 is 51.4 Å². The van der Waals surface area contributed by atoms with Gasteiger partial charge in [-0.3, -0.25) is 9.59 Å². The van der Waals surface area contributed by atoms with Gasteiger partial charge in [-0.05, 0) is 19.1 Å². The first kappa shape index (κ1) is 24.6. The SMILES string of the molecule is Cc1nc(C(=O)NCc2ccccc2OC(F)(F)F)c(NC(=O)c2cc(Cl)c(O)c(Cl)n2)s1. The van der Waals surface area contributed by atoms with E-state index in [9.17, 15) is 27.9 Å². The number of hydrogen-bond acceptors (Lipinski definition) is 7. The lowest BCUT2D eigenvalue weighted by Crippen LogP contribution is -2.26. The number of halogens is 5. The number of aromatic hydroxyl groups is 1. The Bertz CT molecular complexity index is 1200. The summed E-state index contributed by atoms with van der Waals surface area (Å²) >= 11 is 12.5. The third-order valence-corrected chi connectivity index (χ3v) is 5.39. The van der Waals surface area contributed by atoms with Crippen molar-refractivity contribution in [1.82, 2.24) is 15.3 Å². The summed E-state index contributed by atoms with van der Waals surface area (Å²) in [6.07, 6.45) is -4.89. The molecule has 8 nitrogen and oxygen atoms in total. The number of thiazole rings is 1. The van der Waals surface area contributed by atoms with E-state index in [0.717, 1.165) is 23.5 Å². The first-order valence-corrected chi connectivity index (χ1v) is 10.5. The normalized spacial score (nSPS) is 11.2. The minimum Gasteiger partial charge on any atom is -0.504 e. The van der Waals surface area contributed by atoms with Gasteiger partial charge in [-0.2, -0.15) is 0 Å². The van der Waals surface area contributed by atoms with Gasteiger partial charge in [-0.15, -0.1) is 24.5 Å². The van der Waals surface area contributed by atoms with Gasteiger partial charge < -0.3 is 20.5 Å². The third-order valence-electron chi connectivity index (χ3n) is 3.95. The molecule has 0 aliphatic carbocycles. The summed E-state index contributed by atoms with van der Waals surface area (Å²) in [5, 5.41) is 14.4. The second-order valence-corrected chi connectivity index (χ2v) is 8.30. The van der Waals surface area contributed by atoms with Crippen LogP contribution in [0.4, 0.5) is 18.2 Å². The number of anilines is 1. The number of nitrogens with zero attached hydrogens (tertiary/aromatic N) is 2. The van der Waals surface area contributed by atoms with Gasteiger partial charge >= 0.3 is 6.36 Å². The van der Waals surface area contributed by atoms with E-state index in [2.05, 4.69) is 25.3 Å². The van der Waals surface area contributed by atoms with Crippen molar-refractivity contribution in [3.8, 4) is 11.5 Å². The van der Waals surface area contributed by atoms with Crippen LogP contribution < -0.4 is 15.4 Å². The molecule has 0 saturated carbocycles. The number of alkyl halides is 3. The summed E-state index contributed by atoms with van der Waals surface area (Å²) in [6, 6.07) is 6.42. The standard InChI is InChI=1S/C19H13Cl2F3N4O4S/c1-8-26-13(17(31)25-7-9-4-2-3-5-12(9)32-19(22,23)24)18(33-8)28-16(30)11-6-10(20)14(29)15(21)27-11/h2-6,29H,7H2,1H3,(H,25,31)(H,28,30). The van der Waals surface area contributed by atoms with E-state index in [0.29, 0.717) is 5.01 Å². The van der Waals surface area contributed by atoms with E-state index < -0.39 is 29.7 Å². The number of amides is 2.